The minimum atomic E-state index is -0.106. The van der Waals surface area contributed by atoms with Crippen molar-refractivity contribution in [1.82, 2.24) is 0 Å². The van der Waals surface area contributed by atoms with Crippen LogP contribution in [-0.4, -0.2) is 17.4 Å². The maximum Gasteiger partial charge on any atom is 0.319 e. The number of carbonyl (C=O) groups excluding carboxylic acids is 1. The molecule has 1 unspecified atom stereocenters. The van der Waals surface area contributed by atoms with Crippen LogP contribution in [0.25, 0.3) is 0 Å². The summed E-state index contributed by atoms with van der Waals surface area (Å²) in [6, 6.07) is 0. The molecule has 2 nitrogen and oxygen atoms in total. The highest BCUT2D eigenvalue weighted by Gasteiger charge is 2.15. The van der Waals surface area contributed by atoms with Crippen molar-refractivity contribution in [3.63, 3.8) is 0 Å². The van der Waals surface area contributed by atoms with E-state index in [0.717, 1.165) is 25.7 Å². The number of esters is 1. The van der Waals surface area contributed by atoms with E-state index in [1.807, 2.05) is 0 Å². The molecule has 0 radical (unpaired) electrons. The summed E-state index contributed by atoms with van der Waals surface area (Å²) in [7, 11) is 0. The number of rotatable bonds is 10. The second-order valence-corrected chi connectivity index (χ2v) is 5.30. The second kappa shape index (κ2) is 11.4. The molecular weight excluding hydrogens is 268 g/mol. The summed E-state index contributed by atoms with van der Waals surface area (Å²) in [5.74, 6) is -0.0936. The SMILES string of the molecule is CCCCCCCC(Br)C(=O)OCCCC. The number of ether oxygens (including phenoxy) is 1. The Morgan fingerprint density at radius 2 is 1.69 bits per heavy atom. The van der Waals surface area contributed by atoms with E-state index in [1.165, 1.54) is 25.7 Å². The lowest BCUT2D eigenvalue weighted by Gasteiger charge is -2.09. The third-order valence-corrected chi connectivity index (χ3v) is 3.39. The standard InChI is InChI=1S/C13H25BrO2/c1-3-5-7-8-9-10-12(14)13(15)16-11-6-4-2/h12H,3-11H2,1-2H3. The largest absolute Gasteiger partial charge is 0.465 e. The molecule has 0 aliphatic rings. The molecule has 3 heteroatoms. The molecule has 0 fully saturated rings. The molecule has 0 aromatic heterocycles. The average molecular weight is 293 g/mol. The Morgan fingerprint density at radius 3 is 2.31 bits per heavy atom. The van der Waals surface area contributed by atoms with Crippen LogP contribution in [0.1, 0.15) is 65.2 Å². The molecule has 96 valence electrons. The zero-order chi connectivity index (χ0) is 12.2. The molecule has 0 aliphatic heterocycles. The smallest absolute Gasteiger partial charge is 0.319 e. The molecule has 0 saturated carbocycles. The maximum atomic E-state index is 11.5. The highest BCUT2D eigenvalue weighted by atomic mass is 79.9. The Bertz CT molecular complexity index is 171. The minimum absolute atomic E-state index is 0.0936. The fourth-order valence-corrected chi connectivity index (χ4v) is 1.91. The van der Waals surface area contributed by atoms with E-state index in [1.54, 1.807) is 0 Å². The van der Waals surface area contributed by atoms with E-state index >= 15 is 0 Å². The van der Waals surface area contributed by atoms with Gasteiger partial charge in [0.1, 0.15) is 4.83 Å². The molecule has 0 saturated heterocycles. The molecule has 0 aliphatic carbocycles. The molecule has 0 aromatic carbocycles. The fraction of sp³-hybridized carbons (Fsp3) is 0.923. The molecule has 0 bridgehead atoms. The van der Waals surface area contributed by atoms with Gasteiger partial charge in [0.25, 0.3) is 0 Å². The van der Waals surface area contributed by atoms with Gasteiger partial charge in [-0.15, -0.1) is 0 Å². The summed E-state index contributed by atoms with van der Waals surface area (Å²) in [5.41, 5.74) is 0. The van der Waals surface area contributed by atoms with Gasteiger partial charge in [0, 0.05) is 0 Å². The van der Waals surface area contributed by atoms with Crippen molar-refractivity contribution in [2.24, 2.45) is 0 Å². The first-order valence-electron chi connectivity index (χ1n) is 6.53. The first-order chi connectivity index (χ1) is 7.72. The van der Waals surface area contributed by atoms with Crippen LogP contribution in [0, 0.1) is 0 Å². The molecule has 0 rings (SSSR count). The zero-order valence-electron chi connectivity index (χ0n) is 10.6. The van der Waals surface area contributed by atoms with Crippen LogP contribution in [0.5, 0.6) is 0 Å². The summed E-state index contributed by atoms with van der Waals surface area (Å²) in [4.78, 5) is 11.4. The number of alkyl halides is 1. The van der Waals surface area contributed by atoms with Crippen LogP contribution in [-0.2, 0) is 9.53 Å². The van der Waals surface area contributed by atoms with Gasteiger partial charge in [0.15, 0.2) is 0 Å². The molecule has 1 atom stereocenters. The monoisotopic (exact) mass is 292 g/mol. The molecular formula is C13H25BrO2. The van der Waals surface area contributed by atoms with Crippen molar-refractivity contribution < 1.29 is 9.53 Å². The Kier molecular flexibility index (Phi) is 11.4. The Morgan fingerprint density at radius 1 is 1.06 bits per heavy atom. The van der Waals surface area contributed by atoms with E-state index in [2.05, 4.69) is 29.8 Å². The summed E-state index contributed by atoms with van der Waals surface area (Å²) in [5, 5.41) is 0. The Labute approximate surface area is 108 Å². The van der Waals surface area contributed by atoms with E-state index in [4.69, 9.17) is 4.74 Å². The van der Waals surface area contributed by atoms with Gasteiger partial charge in [0.05, 0.1) is 6.61 Å². The Balaban J connectivity index is 3.40. The van der Waals surface area contributed by atoms with E-state index in [9.17, 15) is 4.79 Å². The summed E-state index contributed by atoms with van der Waals surface area (Å²) in [6.45, 7) is 4.86. The number of carbonyl (C=O) groups is 1. The topological polar surface area (TPSA) is 26.3 Å². The van der Waals surface area contributed by atoms with Crippen LogP contribution in [0.3, 0.4) is 0 Å². The van der Waals surface area contributed by atoms with E-state index < -0.39 is 0 Å². The van der Waals surface area contributed by atoms with Crippen molar-refractivity contribution in [3.05, 3.63) is 0 Å². The van der Waals surface area contributed by atoms with E-state index in [0.29, 0.717) is 6.61 Å². The first kappa shape index (κ1) is 16.0. The lowest BCUT2D eigenvalue weighted by atomic mass is 10.1. The number of halogens is 1. The zero-order valence-corrected chi connectivity index (χ0v) is 12.2. The van der Waals surface area contributed by atoms with Crippen molar-refractivity contribution in [1.29, 1.82) is 0 Å². The van der Waals surface area contributed by atoms with Gasteiger partial charge >= 0.3 is 5.97 Å². The van der Waals surface area contributed by atoms with Crippen LogP contribution >= 0.6 is 15.9 Å². The van der Waals surface area contributed by atoms with Gasteiger partial charge in [-0.25, -0.2) is 0 Å². The average Bonchev–Trinajstić information content (AvgIpc) is 2.28. The lowest BCUT2D eigenvalue weighted by molar-refractivity contribution is -0.143. The third kappa shape index (κ3) is 9.20. The van der Waals surface area contributed by atoms with E-state index in [-0.39, 0.29) is 10.8 Å². The lowest BCUT2D eigenvalue weighted by Crippen LogP contribution is -2.17. The van der Waals surface area contributed by atoms with Gasteiger partial charge < -0.3 is 4.74 Å². The van der Waals surface area contributed by atoms with Gasteiger partial charge in [-0.1, -0.05) is 68.3 Å². The number of unbranched alkanes of at least 4 members (excludes halogenated alkanes) is 5. The van der Waals surface area contributed by atoms with Gasteiger partial charge in [-0.2, -0.15) is 0 Å². The minimum Gasteiger partial charge on any atom is -0.465 e. The van der Waals surface area contributed by atoms with Gasteiger partial charge in [-0.3, -0.25) is 4.79 Å². The quantitative estimate of drug-likeness (QED) is 0.338. The van der Waals surface area contributed by atoms with Crippen molar-refractivity contribution in [2.75, 3.05) is 6.61 Å². The van der Waals surface area contributed by atoms with Crippen molar-refractivity contribution in [2.45, 2.75) is 70.0 Å². The van der Waals surface area contributed by atoms with Gasteiger partial charge in [0.2, 0.25) is 0 Å². The fourth-order valence-electron chi connectivity index (χ4n) is 1.45. The number of hydrogen-bond acceptors (Lipinski definition) is 2. The summed E-state index contributed by atoms with van der Waals surface area (Å²) >= 11 is 3.39. The summed E-state index contributed by atoms with van der Waals surface area (Å²) < 4.78 is 5.14. The Hall–Kier alpha value is -0.0500. The van der Waals surface area contributed by atoms with Crippen LogP contribution < -0.4 is 0 Å². The molecule has 0 spiro atoms. The third-order valence-electron chi connectivity index (χ3n) is 2.56. The predicted octanol–water partition coefficient (Wildman–Crippen LogP) is 4.45. The number of hydrogen-bond donors (Lipinski definition) is 0. The maximum absolute atomic E-state index is 11.5. The predicted molar refractivity (Wildman–Crippen MR) is 72.0 cm³/mol. The van der Waals surface area contributed by atoms with Crippen LogP contribution in [0.2, 0.25) is 0 Å². The van der Waals surface area contributed by atoms with Crippen LogP contribution in [0.15, 0.2) is 0 Å². The molecule has 0 heterocycles. The van der Waals surface area contributed by atoms with Crippen LogP contribution in [0.4, 0.5) is 0 Å². The normalized spacial score (nSPS) is 12.4. The highest BCUT2D eigenvalue weighted by molar-refractivity contribution is 9.10. The first-order valence-corrected chi connectivity index (χ1v) is 7.44. The molecule has 0 amide bonds. The highest BCUT2D eigenvalue weighted by Crippen LogP contribution is 2.14. The molecule has 0 N–H and O–H groups in total. The summed E-state index contributed by atoms with van der Waals surface area (Å²) in [6.07, 6.45) is 9.09. The second-order valence-electron chi connectivity index (χ2n) is 4.19. The molecule has 16 heavy (non-hydrogen) atoms. The van der Waals surface area contributed by atoms with Crippen molar-refractivity contribution >= 4 is 21.9 Å². The molecule has 0 aromatic rings. The van der Waals surface area contributed by atoms with Crippen molar-refractivity contribution in [3.8, 4) is 0 Å². The van der Waals surface area contributed by atoms with Gasteiger partial charge in [-0.05, 0) is 12.8 Å².